The van der Waals surface area contributed by atoms with Gasteiger partial charge in [0, 0.05) is 11.8 Å². The Morgan fingerprint density at radius 2 is 2.00 bits per heavy atom. The molecule has 3 heteroatoms. The molecule has 3 atom stereocenters. The highest BCUT2D eigenvalue weighted by Gasteiger charge is 2.36. The van der Waals surface area contributed by atoms with Gasteiger partial charge < -0.3 is 9.47 Å². The molecule has 1 aliphatic rings. The van der Waals surface area contributed by atoms with Crippen LogP contribution in [0.4, 0.5) is 0 Å². The highest BCUT2D eigenvalue weighted by molar-refractivity contribution is 5.81. The molecule has 132 valence electrons. The van der Waals surface area contributed by atoms with Crippen molar-refractivity contribution in [3.05, 3.63) is 53.8 Å². The van der Waals surface area contributed by atoms with Gasteiger partial charge in [0.2, 0.25) is 0 Å². The summed E-state index contributed by atoms with van der Waals surface area (Å²) in [5.74, 6) is 7.30. The zero-order valence-corrected chi connectivity index (χ0v) is 15.4. The molecule has 3 nitrogen and oxygen atoms in total. The van der Waals surface area contributed by atoms with Crippen LogP contribution in [0.25, 0.3) is 6.08 Å². The first kappa shape index (κ1) is 18.9. The van der Waals surface area contributed by atoms with E-state index in [9.17, 15) is 4.79 Å². The number of rotatable bonds is 6. The first-order valence-corrected chi connectivity index (χ1v) is 8.65. The van der Waals surface area contributed by atoms with Crippen LogP contribution in [0.5, 0.6) is 0 Å². The molecule has 0 radical (unpaired) electrons. The van der Waals surface area contributed by atoms with Gasteiger partial charge in [-0.25, -0.2) is 4.79 Å². The van der Waals surface area contributed by atoms with Crippen molar-refractivity contribution in [1.82, 2.24) is 0 Å². The predicted molar refractivity (Wildman–Crippen MR) is 100 cm³/mol. The smallest absolute Gasteiger partial charge is 0.333 e. The van der Waals surface area contributed by atoms with Crippen LogP contribution in [-0.2, 0) is 14.3 Å². The standard InChI is InChI=1S/C22H26O3/c1-16(2)21(25-13-12-22(23)24-4)11-10-19-15-20(19)17(3)14-18-8-6-5-7-9-18/h5-9,12-14,16,19-21H,15H2,1-4H3/b13-12+,17-14+/t19-,20+,21?/m0/s1. The molecule has 0 N–H and O–H groups in total. The molecular weight excluding hydrogens is 312 g/mol. The van der Waals surface area contributed by atoms with E-state index < -0.39 is 5.97 Å². The van der Waals surface area contributed by atoms with Gasteiger partial charge in [0.1, 0.15) is 0 Å². The summed E-state index contributed by atoms with van der Waals surface area (Å²) in [6.45, 7) is 6.28. The van der Waals surface area contributed by atoms with Gasteiger partial charge in [-0.1, -0.05) is 67.7 Å². The van der Waals surface area contributed by atoms with E-state index >= 15 is 0 Å². The van der Waals surface area contributed by atoms with E-state index in [0.29, 0.717) is 11.8 Å². The second kappa shape index (κ2) is 9.13. The number of methoxy groups -OCH3 is 1. The number of esters is 1. The third-order valence-corrected chi connectivity index (χ3v) is 4.22. The third-order valence-electron chi connectivity index (χ3n) is 4.22. The molecule has 0 saturated heterocycles. The first-order valence-electron chi connectivity index (χ1n) is 8.65. The summed E-state index contributed by atoms with van der Waals surface area (Å²) in [5, 5.41) is 0. The highest BCUT2D eigenvalue weighted by atomic mass is 16.5. The fourth-order valence-electron chi connectivity index (χ4n) is 2.57. The number of carbonyl (C=O) groups is 1. The average molecular weight is 338 g/mol. The maximum Gasteiger partial charge on any atom is 0.333 e. The number of allylic oxidation sites excluding steroid dienone is 1. The fourth-order valence-corrected chi connectivity index (χ4v) is 2.57. The normalized spacial score (nSPS) is 20.8. The minimum Gasteiger partial charge on any atom is -0.485 e. The zero-order chi connectivity index (χ0) is 18.2. The molecule has 1 aliphatic carbocycles. The van der Waals surface area contributed by atoms with Gasteiger partial charge in [0.25, 0.3) is 0 Å². The second-order valence-corrected chi connectivity index (χ2v) is 6.66. The van der Waals surface area contributed by atoms with E-state index in [1.54, 1.807) is 0 Å². The molecule has 1 aromatic rings. The fraction of sp³-hybridized carbons (Fsp3) is 0.409. The zero-order valence-electron chi connectivity index (χ0n) is 15.4. The molecule has 1 unspecified atom stereocenters. The molecule has 0 spiro atoms. The van der Waals surface area contributed by atoms with Crippen molar-refractivity contribution in [2.24, 2.45) is 17.8 Å². The average Bonchev–Trinajstić information content (AvgIpc) is 3.38. The summed E-state index contributed by atoms with van der Waals surface area (Å²) >= 11 is 0. The molecule has 1 aromatic carbocycles. The Balaban J connectivity index is 1.92. The number of ether oxygens (including phenoxy) is 2. The van der Waals surface area contributed by atoms with Crippen molar-refractivity contribution in [1.29, 1.82) is 0 Å². The van der Waals surface area contributed by atoms with Crippen molar-refractivity contribution in [3.63, 3.8) is 0 Å². The molecule has 0 aliphatic heterocycles. The lowest BCUT2D eigenvalue weighted by Gasteiger charge is -2.13. The summed E-state index contributed by atoms with van der Waals surface area (Å²) in [5.41, 5.74) is 2.60. The molecule has 1 saturated carbocycles. The molecule has 0 amide bonds. The molecule has 0 aromatic heterocycles. The van der Waals surface area contributed by atoms with Gasteiger partial charge in [0.15, 0.2) is 6.10 Å². The van der Waals surface area contributed by atoms with Crippen molar-refractivity contribution < 1.29 is 14.3 Å². The lowest BCUT2D eigenvalue weighted by Crippen LogP contribution is -2.15. The van der Waals surface area contributed by atoms with Crippen LogP contribution in [0.1, 0.15) is 32.8 Å². The van der Waals surface area contributed by atoms with Crippen LogP contribution in [0.15, 0.2) is 48.2 Å². The maximum absolute atomic E-state index is 11.1. The Bertz CT molecular complexity index is 689. The number of carbonyl (C=O) groups excluding carboxylic acids is 1. The van der Waals surface area contributed by atoms with Gasteiger partial charge in [-0.05, 0) is 24.8 Å². The number of hydrogen-bond acceptors (Lipinski definition) is 3. The van der Waals surface area contributed by atoms with Crippen molar-refractivity contribution in [2.75, 3.05) is 7.11 Å². The molecule has 2 rings (SSSR count). The largest absolute Gasteiger partial charge is 0.485 e. The Kier molecular flexibility index (Phi) is 6.89. The Morgan fingerprint density at radius 3 is 2.64 bits per heavy atom. The third kappa shape index (κ3) is 6.15. The maximum atomic E-state index is 11.1. The van der Waals surface area contributed by atoms with Crippen molar-refractivity contribution in [2.45, 2.75) is 33.3 Å². The predicted octanol–water partition coefficient (Wildman–Crippen LogP) is 4.46. The van der Waals surface area contributed by atoms with Crippen molar-refractivity contribution >= 4 is 12.0 Å². The quantitative estimate of drug-likeness (QED) is 0.332. The highest BCUT2D eigenvalue weighted by Crippen LogP contribution is 2.44. The minimum atomic E-state index is -0.431. The molecule has 25 heavy (non-hydrogen) atoms. The topological polar surface area (TPSA) is 35.5 Å². The summed E-state index contributed by atoms with van der Waals surface area (Å²) in [6.07, 6.45) is 5.76. The van der Waals surface area contributed by atoms with E-state index in [0.717, 1.165) is 6.42 Å². The molecular formula is C22H26O3. The van der Waals surface area contributed by atoms with Gasteiger partial charge >= 0.3 is 5.97 Å². The Hall–Kier alpha value is -2.47. The number of benzene rings is 1. The van der Waals surface area contributed by atoms with Crippen LogP contribution in [0.3, 0.4) is 0 Å². The van der Waals surface area contributed by atoms with Gasteiger partial charge in [0.05, 0.1) is 19.4 Å². The summed E-state index contributed by atoms with van der Waals surface area (Å²) in [7, 11) is 1.34. The summed E-state index contributed by atoms with van der Waals surface area (Å²) < 4.78 is 10.1. The Labute approximate surface area is 150 Å². The lowest BCUT2D eigenvalue weighted by molar-refractivity contribution is -0.135. The van der Waals surface area contributed by atoms with Gasteiger partial charge in [-0.2, -0.15) is 0 Å². The second-order valence-electron chi connectivity index (χ2n) is 6.66. The summed E-state index contributed by atoms with van der Waals surface area (Å²) in [4.78, 5) is 11.1. The van der Waals surface area contributed by atoms with E-state index in [-0.39, 0.29) is 12.0 Å². The molecule has 1 fully saturated rings. The van der Waals surface area contributed by atoms with Crippen molar-refractivity contribution in [3.8, 4) is 11.8 Å². The minimum absolute atomic E-state index is 0.222. The van der Waals surface area contributed by atoms with Crippen LogP contribution in [-0.4, -0.2) is 19.2 Å². The van der Waals surface area contributed by atoms with Gasteiger partial charge in [-0.15, -0.1) is 0 Å². The number of hydrogen-bond donors (Lipinski definition) is 0. The van der Waals surface area contributed by atoms with E-state index in [1.807, 2.05) is 6.07 Å². The monoisotopic (exact) mass is 338 g/mol. The molecule has 0 bridgehead atoms. The van der Waals surface area contributed by atoms with E-state index in [4.69, 9.17) is 4.74 Å². The van der Waals surface area contributed by atoms with Crippen LogP contribution >= 0.6 is 0 Å². The SMILES string of the molecule is COC(=O)/C=C/OC(C#C[C@H]1C[C@@H]1/C(C)=C/c1ccccc1)C(C)C. The summed E-state index contributed by atoms with van der Waals surface area (Å²) in [6, 6.07) is 10.4. The van der Waals surface area contributed by atoms with E-state index in [1.165, 1.54) is 30.6 Å². The first-order chi connectivity index (χ1) is 12.0. The lowest BCUT2D eigenvalue weighted by atomic mass is 10.1. The van der Waals surface area contributed by atoms with E-state index in [2.05, 4.69) is 67.7 Å². The van der Waals surface area contributed by atoms with Gasteiger partial charge in [-0.3, -0.25) is 0 Å². The molecule has 0 heterocycles. The van der Waals surface area contributed by atoms with Crippen LogP contribution in [0.2, 0.25) is 0 Å². The van der Waals surface area contributed by atoms with Crippen LogP contribution in [0, 0.1) is 29.6 Å². The van der Waals surface area contributed by atoms with Crippen LogP contribution < -0.4 is 0 Å². The Morgan fingerprint density at radius 1 is 1.28 bits per heavy atom.